The van der Waals surface area contributed by atoms with Gasteiger partial charge in [-0.25, -0.2) is 9.18 Å². The molecule has 6 heteroatoms. The van der Waals surface area contributed by atoms with Crippen LogP contribution in [-0.4, -0.2) is 60.8 Å². The van der Waals surface area contributed by atoms with Gasteiger partial charge in [-0.2, -0.15) is 0 Å². The van der Waals surface area contributed by atoms with Crippen LogP contribution in [0.25, 0.3) is 0 Å². The van der Waals surface area contributed by atoms with Crippen molar-refractivity contribution in [1.29, 1.82) is 0 Å². The Kier molecular flexibility index (Phi) is 5.73. The third kappa shape index (κ3) is 4.43. The summed E-state index contributed by atoms with van der Waals surface area (Å²) in [5.41, 5.74) is 0.851. The maximum atomic E-state index is 13.8. The van der Waals surface area contributed by atoms with Crippen molar-refractivity contribution in [3.63, 3.8) is 0 Å². The lowest BCUT2D eigenvalue weighted by molar-refractivity contribution is -0.0347. The third-order valence-corrected chi connectivity index (χ3v) is 7.06. The predicted octanol–water partition coefficient (Wildman–Crippen LogP) is 4.80. The van der Waals surface area contributed by atoms with E-state index in [0.29, 0.717) is 12.0 Å². The summed E-state index contributed by atoms with van der Waals surface area (Å²) in [4.78, 5) is 16.7. The molecule has 1 amide bonds. The number of benzene rings is 1. The number of methoxy groups -OCH3 is 1. The van der Waals surface area contributed by atoms with Gasteiger partial charge >= 0.3 is 6.09 Å². The van der Waals surface area contributed by atoms with Crippen LogP contribution in [0.15, 0.2) is 18.2 Å². The Morgan fingerprint density at radius 3 is 2.50 bits per heavy atom. The Morgan fingerprint density at radius 2 is 1.87 bits per heavy atom. The minimum Gasteiger partial charge on any atom is -0.496 e. The molecule has 5 nitrogen and oxygen atoms in total. The van der Waals surface area contributed by atoms with Crippen LogP contribution < -0.4 is 4.74 Å². The second-order valence-corrected chi connectivity index (χ2v) is 10.4. The van der Waals surface area contributed by atoms with Gasteiger partial charge in [0.15, 0.2) is 0 Å². The zero-order valence-electron chi connectivity index (χ0n) is 18.7. The summed E-state index contributed by atoms with van der Waals surface area (Å²) in [6.07, 6.45) is 5.45. The van der Waals surface area contributed by atoms with E-state index in [1.165, 1.54) is 25.3 Å². The molecule has 166 valence electrons. The Labute approximate surface area is 179 Å². The highest BCUT2D eigenvalue weighted by atomic mass is 19.1. The SMILES string of the molecule is COc1ccc(F)cc1C1CCN([C@@H]2CCC3(C2)CN(C(=O)OC(C)(C)C)C3)CC1. The number of likely N-dealkylation sites (tertiary alicyclic amines) is 2. The van der Waals surface area contributed by atoms with Crippen molar-refractivity contribution in [1.82, 2.24) is 9.80 Å². The van der Waals surface area contributed by atoms with E-state index in [0.717, 1.165) is 50.3 Å². The van der Waals surface area contributed by atoms with E-state index < -0.39 is 5.60 Å². The van der Waals surface area contributed by atoms with Crippen molar-refractivity contribution < 1.29 is 18.7 Å². The van der Waals surface area contributed by atoms with E-state index in [4.69, 9.17) is 9.47 Å². The molecule has 0 unspecified atom stereocenters. The molecule has 1 aromatic carbocycles. The molecule has 2 saturated heterocycles. The summed E-state index contributed by atoms with van der Waals surface area (Å²) in [5.74, 6) is 0.963. The third-order valence-electron chi connectivity index (χ3n) is 7.06. The Balaban J connectivity index is 1.28. The second-order valence-electron chi connectivity index (χ2n) is 10.4. The highest BCUT2D eigenvalue weighted by Crippen LogP contribution is 2.48. The van der Waals surface area contributed by atoms with Crippen LogP contribution in [-0.2, 0) is 4.74 Å². The molecule has 0 radical (unpaired) electrons. The van der Waals surface area contributed by atoms with E-state index >= 15 is 0 Å². The molecule has 0 bridgehead atoms. The minimum absolute atomic E-state index is 0.179. The van der Waals surface area contributed by atoms with Gasteiger partial charge < -0.3 is 19.3 Å². The zero-order chi connectivity index (χ0) is 21.5. The van der Waals surface area contributed by atoms with Gasteiger partial charge in [-0.3, -0.25) is 0 Å². The fourth-order valence-corrected chi connectivity index (χ4v) is 5.59. The number of amides is 1. The minimum atomic E-state index is -0.438. The standard InChI is InChI=1S/C24H35FN2O3/c1-23(2,3)30-22(28)27-15-24(16-27)10-7-19(14-24)26-11-8-17(9-12-26)20-13-18(25)5-6-21(20)29-4/h5-6,13,17,19H,7-12,14-16H2,1-4H3/t19-/m1/s1. The fraction of sp³-hybridized carbons (Fsp3) is 0.708. The van der Waals surface area contributed by atoms with E-state index in [1.807, 2.05) is 25.7 Å². The van der Waals surface area contributed by atoms with Gasteiger partial charge in [0.05, 0.1) is 7.11 Å². The van der Waals surface area contributed by atoms with Gasteiger partial charge in [-0.15, -0.1) is 0 Å². The summed E-state index contributed by atoms with van der Waals surface area (Å²) >= 11 is 0. The van der Waals surface area contributed by atoms with Crippen LogP contribution >= 0.6 is 0 Å². The van der Waals surface area contributed by atoms with Crippen molar-refractivity contribution in [2.75, 3.05) is 33.3 Å². The number of ether oxygens (including phenoxy) is 2. The van der Waals surface area contributed by atoms with Gasteiger partial charge in [0.25, 0.3) is 0 Å². The molecule has 1 aliphatic carbocycles. The number of nitrogens with zero attached hydrogens (tertiary/aromatic N) is 2. The maximum absolute atomic E-state index is 13.8. The van der Waals surface area contributed by atoms with E-state index in [1.54, 1.807) is 19.2 Å². The number of carbonyl (C=O) groups is 1. The average molecular weight is 419 g/mol. The second kappa shape index (κ2) is 8.03. The van der Waals surface area contributed by atoms with Crippen LogP contribution in [0.1, 0.15) is 64.4 Å². The fourth-order valence-electron chi connectivity index (χ4n) is 5.59. The molecule has 3 aliphatic rings. The van der Waals surface area contributed by atoms with Gasteiger partial charge in [0.1, 0.15) is 17.2 Å². The molecule has 30 heavy (non-hydrogen) atoms. The smallest absolute Gasteiger partial charge is 0.410 e. The molecule has 1 spiro atoms. The van der Waals surface area contributed by atoms with Gasteiger partial charge in [-0.1, -0.05) is 0 Å². The number of hydrogen-bond donors (Lipinski definition) is 0. The van der Waals surface area contributed by atoms with Crippen molar-refractivity contribution in [3.05, 3.63) is 29.6 Å². The first kappa shape index (κ1) is 21.4. The summed E-state index contributed by atoms with van der Waals surface area (Å²) in [5, 5.41) is 0. The molecule has 1 atom stereocenters. The first-order valence-corrected chi connectivity index (χ1v) is 11.2. The molecule has 2 heterocycles. The lowest BCUT2D eigenvalue weighted by Crippen LogP contribution is -2.58. The molecule has 3 fully saturated rings. The topological polar surface area (TPSA) is 42.0 Å². The Hall–Kier alpha value is -1.82. The monoisotopic (exact) mass is 418 g/mol. The highest BCUT2D eigenvalue weighted by Gasteiger charge is 2.51. The van der Waals surface area contributed by atoms with Crippen LogP contribution in [0.3, 0.4) is 0 Å². The molecule has 1 aromatic rings. The molecule has 4 rings (SSSR count). The molecule has 0 N–H and O–H groups in total. The summed E-state index contributed by atoms with van der Waals surface area (Å²) in [6.45, 7) is 9.48. The van der Waals surface area contributed by atoms with Crippen LogP contribution in [0.5, 0.6) is 5.75 Å². The Bertz CT molecular complexity index is 777. The Morgan fingerprint density at radius 1 is 1.17 bits per heavy atom. The molecule has 2 aliphatic heterocycles. The molecule has 1 saturated carbocycles. The summed E-state index contributed by atoms with van der Waals surface area (Å²) < 4.78 is 24.7. The van der Waals surface area contributed by atoms with Gasteiger partial charge in [0, 0.05) is 30.1 Å². The number of hydrogen-bond acceptors (Lipinski definition) is 4. The van der Waals surface area contributed by atoms with Crippen LogP contribution in [0.2, 0.25) is 0 Å². The normalized spacial score (nSPS) is 24.7. The van der Waals surface area contributed by atoms with Crippen LogP contribution in [0.4, 0.5) is 9.18 Å². The lowest BCUT2D eigenvalue weighted by Gasteiger charge is -2.48. The first-order valence-electron chi connectivity index (χ1n) is 11.2. The molecule has 0 aromatic heterocycles. The largest absolute Gasteiger partial charge is 0.496 e. The number of rotatable bonds is 3. The molecular weight excluding hydrogens is 383 g/mol. The quantitative estimate of drug-likeness (QED) is 0.707. The van der Waals surface area contributed by atoms with E-state index in [-0.39, 0.29) is 17.3 Å². The van der Waals surface area contributed by atoms with E-state index in [2.05, 4.69) is 4.90 Å². The average Bonchev–Trinajstić information content (AvgIpc) is 3.11. The number of halogens is 1. The lowest BCUT2D eigenvalue weighted by atomic mass is 9.78. The summed E-state index contributed by atoms with van der Waals surface area (Å²) in [7, 11) is 1.66. The first-order chi connectivity index (χ1) is 14.2. The van der Waals surface area contributed by atoms with E-state index in [9.17, 15) is 9.18 Å². The van der Waals surface area contributed by atoms with Crippen molar-refractivity contribution >= 4 is 6.09 Å². The highest BCUT2D eigenvalue weighted by molar-refractivity contribution is 5.69. The van der Waals surface area contributed by atoms with Crippen molar-refractivity contribution in [3.8, 4) is 5.75 Å². The predicted molar refractivity (Wildman–Crippen MR) is 114 cm³/mol. The number of carbonyl (C=O) groups excluding carboxylic acids is 1. The van der Waals surface area contributed by atoms with Gasteiger partial charge in [-0.05, 0) is 90.1 Å². The maximum Gasteiger partial charge on any atom is 0.410 e. The van der Waals surface area contributed by atoms with Crippen LogP contribution in [0, 0.1) is 11.2 Å². The zero-order valence-corrected chi connectivity index (χ0v) is 18.7. The number of piperidine rings is 1. The van der Waals surface area contributed by atoms with Gasteiger partial charge in [0.2, 0.25) is 0 Å². The summed E-state index contributed by atoms with van der Waals surface area (Å²) in [6, 6.07) is 5.45. The van der Waals surface area contributed by atoms with Crippen molar-refractivity contribution in [2.24, 2.45) is 5.41 Å². The van der Waals surface area contributed by atoms with Crippen molar-refractivity contribution in [2.45, 2.75) is 70.4 Å². The molecular formula is C24H35FN2O3.